The van der Waals surface area contributed by atoms with Crippen molar-refractivity contribution in [2.45, 2.75) is 19.8 Å². The van der Waals surface area contributed by atoms with Crippen molar-refractivity contribution in [1.29, 1.82) is 0 Å². The third kappa shape index (κ3) is 3.69. The fourth-order valence-electron chi connectivity index (χ4n) is 1.84. The lowest BCUT2D eigenvalue weighted by Gasteiger charge is -2.09. The summed E-state index contributed by atoms with van der Waals surface area (Å²) >= 11 is 0. The normalized spacial score (nSPS) is 18.8. The Morgan fingerprint density at radius 1 is 1.44 bits per heavy atom. The van der Waals surface area contributed by atoms with E-state index < -0.39 is 0 Å². The molecule has 0 aliphatic carbocycles. The van der Waals surface area contributed by atoms with E-state index in [4.69, 9.17) is 15.2 Å². The minimum atomic E-state index is 0.167. The molecule has 1 aromatic rings. The molecule has 2 heterocycles. The van der Waals surface area contributed by atoms with Crippen LogP contribution in [0.2, 0.25) is 0 Å². The summed E-state index contributed by atoms with van der Waals surface area (Å²) < 4.78 is 10.5. The van der Waals surface area contributed by atoms with E-state index in [0.29, 0.717) is 18.5 Å². The fraction of sp³-hybridized carbons (Fsp3) is 0.727. The van der Waals surface area contributed by atoms with Gasteiger partial charge in [-0.05, 0) is 25.7 Å². The molecule has 18 heavy (non-hydrogen) atoms. The number of aromatic nitrogens is 3. The van der Waals surface area contributed by atoms with Crippen molar-refractivity contribution in [2.75, 3.05) is 37.4 Å². The molecule has 0 aromatic carbocycles. The van der Waals surface area contributed by atoms with Gasteiger partial charge in [0, 0.05) is 19.8 Å². The maximum atomic E-state index is 5.58. The molecule has 0 amide bonds. The van der Waals surface area contributed by atoms with Crippen LogP contribution in [0.3, 0.4) is 0 Å². The Bertz CT molecular complexity index is 382. The van der Waals surface area contributed by atoms with E-state index in [1.807, 2.05) is 6.92 Å². The van der Waals surface area contributed by atoms with E-state index in [0.717, 1.165) is 32.6 Å². The van der Waals surface area contributed by atoms with Crippen molar-refractivity contribution in [1.82, 2.24) is 15.0 Å². The first-order valence-electron chi connectivity index (χ1n) is 6.24. The molecule has 1 saturated heterocycles. The SMILES string of the molecule is CCOc1nc(N)nc(NCCC2CCOC2)n1. The Morgan fingerprint density at radius 3 is 3.06 bits per heavy atom. The van der Waals surface area contributed by atoms with Gasteiger partial charge in [0.1, 0.15) is 0 Å². The summed E-state index contributed by atoms with van der Waals surface area (Å²) in [5.74, 6) is 1.26. The average molecular weight is 253 g/mol. The monoisotopic (exact) mass is 253 g/mol. The highest BCUT2D eigenvalue weighted by molar-refractivity contribution is 5.32. The zero-order valence-electron chi connectivity index (χ0n) is 10.6. The molecule has 100 valence electrons. The number of nitrogens with one attached hydrogen (secondary N) is 1. The third-order valence-corrected chi connectivity index (χ3v) is 2.77. The Morgan fingerprint density at radius 2 is 2.33 bits per heavy atom. The summed E-state index contributed by atoms with van der Waals surface area (Å²) in [5.41, 5.74) is 5.58. The van der Waals surface area contributed by atoms with Gasteiger partial charge >= 0.3 is 6.01 Å². The van der Waals surface area contributed by atoms with Crippen molar-refractivity contribution in [2.24, 2.45) is 5.92 Å². The highest BCUT2D eigenvalue weighted by atomic mass is 16.5. The predicted molar refractivity (Wildman–Crippen MR) is 67.4 cm³/mol. The third-order valence-electron chi connectivity index (χ3n) is 2.77. The largest absolute Gasteiger partial charge is 0.464 e. The van der Waals surface area contributed by atoms with Gasteiger partial charge in [0.05, 0.1) is 6.61 Å². The van der Waals surface area contributed by atoms with Gasteiger partial charge in [-0.2, -0.15) is 15.0 Å². The lowest BCUT2D eigenvalue weighted by atomic mass is 10.1. The fourth-order valence-corrected chi connectivity index (χ4v) is 1.84. The molecular formula is C11H19N5O2. The van der Waals surface area contributed by atoms with Crippen LogP contribution in [0.4, 0.5) is 11.9 Å². The summed E-state index contributed by atoms with van der Waals surface area (Å²) in [6.45, 7) is 4.89. The van der Waals surface area contributed by atoms with Gasteiger partial charge in [-0.3, -0.25) is 0 Å². The van der Waals surface area contributed by atoms with E-state index in [-0.39, 0.29) is 12.0 Å². The molecule has 3 N–H and O–H groups in total. The van der Waals surface area contributed by atoms with Gasteiger partial charge in [-0.25, -0.2) is 0 Å². The summed E-state index contributed by atoms with van der Waals surface area (Å²) in [7, 11) is 0. The molecule has 0 radical (unpaired) electrons. The molecule has 1 unspecified atom stereocenters. The second kappa shape index (κ2) is 6.34. The van der Waals surface area contributed by atoms with E-state index in [2.05, 4.69) is 20.3 Å². The Balaban J connectivity index is 1.83. The topological polar surface area (TPSA) is 95.2 Å². The highest BCUT2D eigenvalue weighted by Gasteiger charge is 2.15. The molecule has 1 aliphatic heterocycles. The van der Waals surface area contributed by atoms with Gasteiger partial charge in [0.2, 0.25) is 11.9 Å². The zero-order chi connectivity index (χ0) is 12.8. The van der Waals surface area contributed by atoms with Crippen molar-refractivity contribution in [3.8, 4) is 6.01 Å². The Hall–Kier alpha value is -1.63. The van der Waals surface area contributed by atoms with Crippen LogP contribution in [0.5, 0.6) is 6.01 Å². The summed E-state index contributed by atoms with van der Waals surface area (Å²) in [4.78, 5) is 12.0. The lowest BCUT2D eigenvalue weighted by molar-refractivity contribution is 0.185. The minimum Gasteiger partial charge on any atom is -0.464 e. The lowest BCUT2D eigenvalue weighted by Crippen LogP contribution is -2.13. The molecule has 7 heteroatoms. The summed E-state index contributed by atoms with van der Waals surface area (Å²) in [6, 6.07) is 0.261. The molecule has 1 aromatic heterocycles. The van der Waals surface area contributed by atoms with Crippen molar-refractivity contribution in [3.05, 3.63) is 0 Å². The number of hydrogen-bond acceptors (Lipinski definition) is 7. The molecule has 2 rings (SSSR count). The van der Waals surface area contributed by atoms with Gasteiger partial charge in [0.15, 0.2) is 0 Å². The molecular weight excluding hydrogens is 234 g/mol. The molecule has 7 nitrogen and oxygen atoms in total. The number of nitrogens with two attached hydrogens (primary N) is 1. The van der Waals surface area contributed by atoms with E-state index in [1.54, 1.807) is 0 Å². The number of nitrogens with zero attached hydrogens (tertiary/aromatic N) is 3. The second-order valence-electron chi connectivity index (χ2n) is 4.18. The molecule has 1 aliphatic rings. The van der Waals surface area contributed by atoms with Crippen molar-refractivity contribution >= 4 is 11.9 Å². The van der Waals surface area contributed by atoms with E-state index >= 15 is 0 Å². The van der Waals surface area contributed by atoms with Crippen molar-refractivity contribution in [3.63, 3.8) is 0 Å². The van der Waals surface area contributed by atoms with Gasteiger partial charge in [-0.1, -0.05) is 0 Å². The van der Waals surface area contributed by atoms with Crippen LogP contribution in [0, 0.1) is 5.92 Å². The number of anilines is 2. The zero-order valence-corrected chi connectivity index (χ0v) is 10.6. The number of nitrogen functional groups attached to an aromatic ring is 1. The van der Waals surface area contributed by atoms with Crippen LogP contribution < -0.4 is 15.8 Å². The van der Waals surface area contributed by atoms with Crippen molar-refractivity contribution < 1.29 is 9.47 Å². The Labute approximate surface area is 106 Å². The Kier molecular flexibility index (Phi) is 4.52. The number of ether oxygens (including phenoxy) is 2. The van der Waals surface area contributed by atoms with Crippen LogP contribution >= 0.6 is 0 Å². The molecule has 1 fully saturated rings. The molecule has 0 bridgehead atoms. The van der Waals surface area contributed by atoms with Crippen LogP contribution in [0.15, 0.2) is 0 Å². The maximum Gasteiger partial charge on any atom is 0.323 e. The van der Waals surface area contributed by atoms with Gasteiger partial charge in [-0.15, -0.1) is 0 Å². The van der Waals surface area contributed by atoms with Crippen LogP contribution in [-0.2, 0) is 4.74 Å². The number of hydrogen-bond donors (Lipinski definition) is 2. The first kappa shape index (κ1) is 12.8. The summed E-state index contributed by atoms with van der Waals surface area (Å²) in [5, 5.41) is 3.13. The van der Waals surface area contributed by atoms with E-state index in [1.165, 1.54) is 0 Å². The minimum absolute atomic E-state index is 0.167. The summed E-state index contributed by atoms with van der Waals surface area (Å²) in [6.07, 6.45) is 2.17. The highest BCUT2D eigenvalue weighted by Crippen LogP contribution is 2.16. The second-order valence-corrected chi connectivity index (χ2v) is 4.18. The average Bonchev–Trinajstić information content (AvgIpc) is 2.82. The standard InChI is InChI=1S/C11H19N5O2/c1-2-18-11-15-9(12)14-10(16-11)13-5-3-8-4-6-17-7-8/h8H,2-7H2,1H3,(H3,12,13,14,15,16). The smallest absolute Gasteiger partial charge is 0.323 e. The molecule has 0 saturated carbocycles. The first-order chi connectivity index (χ1) is 8.78. The van der Waals surface area contributed by atoms with Gasteiger partial charge < -0.3 is 20.5 Å². The van der Waals surface area contributed by atoms with E-state index in [9.17, 15) is 0 Å². The first-order valence-corrected chi connectivity index (χ1v) is 6.24. The molecule has 1 atom stereocenters. The maximum absolute atomic E-state index is 5.58. The van der Waals surface area contributed by atoms with Crippen LogP contribution in [0.1, 0.15) is 19.8 Å². The van der Waals surface area contributed by atoms with Crippen LogP contribution in [-0.4, -0.2) is 41.3 Å². The molecule has 0 spiro atoms. The predicted octanol–water partition coefficient (Wildman–Crippen LogP) is 0.691. The number of rotatable bonds is 6. The quantitative estimate of drug-likeness (QED) is 0.770. The van der Waals surface area contributed by atoms with Crippen LogP contribution in [0.25, 0.3) is 0 Å². The van der Waals surface area contributed by atoms with Gasteiger partial charge in [0.25, 0.3) is 0 Å².